The highest BCUT2D eigenvalue weighted by Crippen LogP contribution is 2.28. The summed E-state index contributed by atoms with van der Waals surface area (Å²) in [6, 6.07) is 7.66. The van der Waals surface area contributed by atoms with Gasteiger partial charge in [0.25, 0.3) is 0 Å². The van der Waals surface area contributed by atoms with E-state index in [1.54, 1.807) is 31.2 Å². The molecule has 4 rings (SSSR count). The third-order valence-corrected chi connectivity index (χ3v) is 7.93. The second-order valence-corrected chi connectivity index (χ2v) is 10.0. The summed E-state index contributed by atoms with van der Waals surface area (Å²) < 4.78 is 41.0. The van der Waals surface area contributed by atoms with Crippen molar-refractivity contribution in [1.82, 2.24) is 23.7 Å². The predicted octanol–water partition coefficient (Wildman–Crippen LogP) is 1.51. The first-order valence-corrected chi connectivity index (χ1v) is 12.3. The number of nitrogens with zero attached hydrogens (tertiary/aromatic N) is 3. The molecular weight excluding hydrogens is 454 g/mol. The molecule has 0 spiro atoms. The normalized spacial score (nSPS) is 16.7. The van der Waals surface area contributed by atoms with Crippen LogP contribution in [0.2, 0.25) is 0 Å². The second kappa shape index (κ2) is 9.35. The minimum atomic E-state index is -3.74. The number of carbonyl (C=O) groups is 2. The monoisotopic (exact) mass is 477 g/mol. The fourth-order valence-corrected chi connectivity index (χ4v) is 5.85. The summed E-state index contributed by atoms with van der Waals surface area (Å²) in [4.78, 5) is 25.0. The molecule has 0 aliphatic carbocycles. The first-order valence-electron chi connectivity index (χ1n) is 10.2. The van der Waals surface area contributed by atoms with E-state index in [2.05, 4.69) is 19.4 Å². The van der Waals surface area contributed by atoms with Crippen LogP contribution >= 0.6 is 11.7 Å². The fraction of sp³-hybridized carbons (Fsp3) is 0.400. The standard InChI is InChI=1S/C20H23N5O5S2/c1-13(19(26)21-12-15-4-3-11-30-15)22-20(27)14-7-9-25(10-8-14)32(28,29)17-6-2-5-16-18(17)24-31-23-16/h2-6,11,13-14H,7-10,12H2,1H3,(H,21,26)(H,22,27)/t13-/m0/s1. The number of sulfonamides is 1. The Morgan fingerprint density at radius 1 is 1.22 bits per heavy atom. The summed E-state index contributed by atoms with van der Waals surface area (Å²) in [5.74, 6) is -0.318. The van der Waals surface area contributed by atoms with Crippen LogP contribution in [0.15, 0.2) is 45.9 Å². The zero-order valence-electron chi connectivity index (χ0n) is 17.4. The van der Waals surface area contributed by atoms with Crippen molar-refractivity contribution >= 4 is 44.6 Å². The Hall–Kier alpha value is -2.83. The number of nitrogens with one attached hydrogen (secondary N) is 2. The van der Waals surface area contributed by atoms with Crippen LogP contribution in [0.3, 0.4) is 0 Å². The summed E-state index contributed by atoms with van der Waals surface area (Å²) >= 11 is 0.971. The summed E-state index contributed by atoms with van der Waals surface area (Å²) in [6.45, 7) is 2.28. The van der Waals surface area contributed by atoms with Crippen molar-refractivity contribution in [2.24, 2.45) is 5.92 Å². The van der Waals surface area contributed by atoms with E-state index in [0.717, 1.165) is 11.7 Å². The van der Waals surface area contributed by atoms with Gasteiger partial charge in [-0.25, -0.2) is 8.42 Å². The third-order valence-electron chi connectivity index (χ3n) is 5.46. The van der Waals surface area contributed by atoms with Crippen molar-refractivity contribution in [1.29, 1.82) is 0 Å². The Balaban J connectivity index is 1.31. The van der Waals surface area contributed by atoms with E-state index >= 15 is 0 Å². The van der Waals surface area contributed by atoms with E-state index in [1.165, 1.54) is 16.6 Å². The van der Waals surface area contributed by atoms with Crippen molar-refractivity contribution in [2.75, 3.05) is 13.1 Å². The van der Waals surface area contributed by atoms with Crippen LogP contribution in [-0.4, -0.2) is 52.4 Å². The quantitative estimate of drug-likeness (QED) is 0.527. The summed E-state index contributed by atoms with van der Waals surface area (Å²) in [7, 11) is -3.74. The molecule has 3 heterocycles. The topological polar surface area (TPSA) is 134 Å². The molecule has 0 unspecified atom stereocenters. The highest BCUT2D eigenvalue weighted by molar-refractivity contribution is 7.89. The maximum atomic E-state index is 13.1. The number of benzene rings is 1. The molecule has 10 nitrogen and oxygen atoms in total. The molecule has 2 N–H and O–H groups in total. The van der Waals surface area contributed by atoms with Crippen LogP contribution in [0.5, 0.6) is 0 Å². The van der Waals surface area contributed by atoms with Gasteiger partial charge in [0, 0.05) is 19.0 Å². The highest BCUT2D eigenvalue weighted by Gasteiger charge is 2.34. The number of aromatic nitrogens is 2. The lowest BCUT2D eigenvalue weighted by molar-refractivity contribution is -0.131. The van der Waals surface area contributed by atoms with E-state index in [4.69, 9.17) is 4.42 Å². The fourth-order valence-electron chi connectivity index (χ4n) is 3.62. The lowest BCUT2D eigenvalue weighted by atomic mass is 9.97. The Bertz CT molecular complexity index is 1200. The van der Waals surface area contributed by atoms with Crippen LogP contribution in [0.4, 0.5) is 0 Å². The van der Waals surface area contributed by atoms with Crippen LogP contribution in [0.1, 0.15) is 25.5 Å². The first-order chi connectivity index (χ1) is 15.4. The third kappa shape index (κ3) is 4.66. The molecule has 1 saturated heterocycles. The molecule has 2 amide bonds. The van der Waals surface area contributed by atoms with Gasteiger partial charge >= 0.3 is 0 Å². The molecule has 1 fully saturated rings. The van der Waals surface area contributed by atoms with Gasteiger partial charge in [-0.15, -0.1) is 0 Å². The van der Waals surface area contributed by atoms with Crippen molar-refractivity contribution in [3.05, 3.63) is 42.4 Å². The largest absolute Gasteiger partial charge is 0.467 e. The molecular formula is C20H23N5O5S2. The van der Waals surface area contributed by atoms with E-state index in [-0.39, 0.29) is 42.3 Å². The minimum Gasteiger partial charge on any atom is -0.467 e. The van der Waals surface area contributed by atoms with Gasteiger partial charge in [0.15, 0.2) is 0 Å². The average Bonchev–Trinajstić information content (AvgIpc) is 3.49. The van der Waals surface area contributed by atoms with Crippen molar-refractivity contribution in [3.63, 3.8) is 0 Å². The molecule has 1 aliphatic heterocycles. The second-order valence-electron chi connectivity index (χ2n) is 7.59. The van der Waals surface area contributed by atoms with Gasteiger partial charge in [-0.3, -0.25) is 9.59 Å². The SMILES string of the molecule is C[C@H](NC(=O)C1CCN(S(=O)(=O)c2cccc3nsnc23)CC1)C(=O)NCc1ccco1. The van der Waals surface area contributed by atoms with Crippen LogP contribution in [-0.2, 0) is 26.2 Å². The predicted molar refractivity (Wildman–Crippen MR) is 117 cm³/mol. The number of hydrogen-bond acceptors (Lipinski definition) is 8. The van der Waals surface area contributed by atoms with E-state index in [9.17, 15) is 18.0 Å². The molecule has 0 radical (unpaired) electrons. The highest BCUT2D eigenvalue weighted by atomic mass is 32.2. The Labute approximate surface area is 189 Å². The van der Waals surface area contributed by atoms with Crippen molar-refractivity contribution in [3.8, 4) is 0 Å². The van der Waals surface area contributed by atoms with Gasteiger partial charge < -0.3 is 15.1 Å². The zero-order valence-corrected chi connectivity index (χ0v) is 19.0. The van der Waals surface area contributed by atoms with Crippen LogP contribution in [0, 0.1) is 5.92 Å². The van der Waals surface area contributed by atoms with Gasteiger partial charge in [0.2, 0.25) is 21.8 Å². The molecule has 0 bridgehead atoms. The molecule has 1 aromatic carbocycles. The molecule has 1 atom stereocenters. The van der Waals surface area contributed by atoms with E-state index < -0.39 is 16.1 Å². The van der Waals surface area contributed by atoms with Crippen LogP contribution in [0.25, 0.3) is 11.0 Å². The van der Waals surface area contributed by atoms with E-state index in [0.29, 0.717) is 29.6 Å². The smallest absolute Gasteiger partial charge is 0.245 e. The Morgan fingerprint density at radius 3 is 2.72 bits per heavy atom. The first kappa shape index (κ1) is 22.4. The van der Waals surface area contributed by atoms with Crippen molar-refractivity contribution < 1.29 is 22.4 Å². The minimum absolute atomic E-state index is 0.133. The van der Waals surface area contributed by atoms with Gasteiger partial charge in [-0.05, 0) is 44.0 Å². The lowest BCUT2D eigenvalue weighted by Gasteiger charge is -2.31. The maximum Gasteiger partial charge on any atom is 0.245 e. The van der Waals surface area contributed by atoms with E-state index in [1.807, 2.05) is 0 Å². The van der Waals surface area contributed by atoms with Gasteiger partial charge in [0.05, 0.1) is 24.5 Å². The molecule has 1 aliphatic rings. The van der Waals surface area contributed by atoms with Gasteiger partial charge in [-0.2, -0.15) is 13.1 Å². The number of fused-ring (bicyclic) bond motifs is 1. The Kier molecular flexibility index (Phi) is 6.53. The number of hydrogen-bond donors (Lipinski definition) is 2. The maximum absolute atomic E-state index is 13.1. The number of furan rings is 1. The van der Waals surface area contributed by atoms with Crippen molar-refractivity contribution in [2.45, 2.75) is 37.2 Å². The van der Waals surface area contributed by atoms with Crippen LogP contribution < -0.4 is 10.6 Å². The van der Waals surface area contributed by atoms with Gasteiger partial charge in [-0.1, -0.05) is 6.07 Å². The number of rotatable bonds is 7. The number of carbonyl (C=O) groups excluding carboxylic acids is 2. The molecule has 3 aromatic rings. The lowest BCUT2D eigenvalue weighted by Crippen LogP contribution is -2.49. The molecule has 0 saturated carbocycles. The Morgan fingerprint density at radius 2 is 2.00 bits per heavy atom. The molecule has 170 valence electrons. The molecule has 32 heavy (non-hydrogen) atoms. The zero-order chi connectivity index (χ0) is 22.7. The molecule has 2 aromatic heterocycles. The molecule has 12 heteroatoms. The summed E-state index contributed by atoms with van der Waals surface area (Å²) in [6.07, 6.45) is 2.27. The summed E-state index contributed by atoms with van der Waals surface area (Å²) in [5.41, 5.74) is 0.913. The number of piperidine rings is 1. The number of amides is 2. The average molecular weight is 478 g/mol. The van der Waals surface area contributed by atoms with Gasteiger partial charge in [0.1, 0.15) is 27.7 Å². The summed E-state index contributed by atoms with van der Waals surface area (Å²) in [5, 5.41) is 5.42.